The average Bonchev–Trinajstić information content (AvgIpc) is 2.36. The summed E-state index contributed by atoms with van der Waals surface area (Å²) >= 11 is 0. The molecule has 1 amide bonds. The second-order valence-corrected chi connectivity index (χ2v) is 6.06. The first-order valence-electron chi connectivity index (χ1n) is 7.08. The van der Waals surface area contributed by atoms with Crippen molar-refractivity contribution in [3.63, 3.8) is 0 Å². The van der Waals surface area contributed by atoms with Gasteiger partial charge in [-0.2, -0.15) is 0 Å². The zero-order valence-electron chi connectivity index (χ0n) is 12.2. The van der Waals surface area contributed by atoms with Gasteiger partial charge in [0.15, 0.2) is 0 Å². The van der Waals surface area contributed by atoms with E-state index < -0.39 is 0 Å². The molecular formula is C14H29N3O. The minimum atomic E-state index is 0.0850. The lowest BCUT2D eigenvalue weighted by Gasteiger charge is -2.36. The number of amides is 1. The molecule has 0 saturated heterocycles. The van der Waals surface area contributed by atoms with Crippen LogP contribution in [0.5, 0.6) is 0 Å². The van der Waals surface area contributed by atoms with E-state index in [0.29, 0.717) is 13.0 Å². The van der Waals surface area contributed by atoms with E-state index in [1.165, 1.54) is 19.3 Å². The van der Waals surface area contributed by atoms with Gasteiger partial charge in [0.25, 0.3) is 0 Å². The number of carbonyl (C=O) groups excluding carboxylic acids is 1. The summed E-state index contributed by atoms with van der Waals surface area (Å²) < 4.78 is 0. The van der Waals surface area contributed by atoms with Crippen molar-refractivity contribution in [1.82, 2.24) is 9.80 Å². The van der Waals surface area contributed by atoms with Gasteiger partial charge in [-0.05, 0) is 38.9 Å². The molecule has 1 rings (SSSR count). The van der Waals surface area contributed by atoms with Crippen molar-refractivity contribution in [3.05, 3.63) is 0 Å². The standard InChI is InChI=1S/C14H29N3O/c1-16(2)9-10-17(3)13(18)11-14(12-15)7-5-4-6-8-14/h4-12,15H2,1-3H3. The van der Waals surface area contributed by atoms with E-state index >= 15 is 0 Å². The molecule has 1 aliphatic rings. The quantitative estimate of drug-likeness (QED) is 0.778. The Labute approximate surface area is 111 Å². The molecule has 0 aliphatic heterocycles. The summed E-state index contributed by atoms with van der Waals surface area (Å²) in [6, 6.07) is 0. The number of likely N-dealkylation sites (N-methyl/N-ethyl adjacent to an activating group) is 2. The molecule has 0 bridgehead atoms. The van der Waals surface area contributed by atoms with Crippen LogP contribution in [0.3, 0.4) is 0 Å². The number of hydrogen-bond donors (Lipinski definition) is 1. The van der Waals surface area contributed by atoms with E-state index in [-0.39, 0.29) is 11.3 Å². The number of rotatable bonds is 6. The molecule has 0 unspecified atom stereocenters. The number of carbonyl (C=O) groups is 1. The van der Waals surface area contributed by atoms with Crippen LogP contribution in [-0.2, 0) is 4.79 Å². The van der Waals surface area contributed by atoms with Crippen molar-refractivity contribution in [3.8, 4) is 0 Å². The number of hydrogen-bond acceptors (Lipinski definition) is 3. The summed E-state index contributed by atoms with van der Waals surface area (Å²) in [5, 5.41) is 0. The molecule has 0 aromatic carbocycles. The van der Waals surface area contributed by atoms with Crippen LogP contribution in [-0.4, -0.2) is 56.5 Å². The largest absolute Gasteiger partial charge is 0.344 e. The van der Waals surface area contributed by atoms with Gasteiger partial charge in [0.05, 0.1) is 0 Å². The lowest BCUT2D eigenvalue weighted by molar-refractivity contribution is -0.133. The van der Waals surface area contributed by atoms with Crippen LogP contribution in [0.25, 0.3) is 0 Å². The fraction of sp³-hybridized carbons (Fsp3) is 0.929. The van der Waals surface area contributed by atoms with Gasteiger partial charge in [-0.25, -0.2) is 0 Å². The van der Waals surface area contributed by atoms with Gasteiger partial charge in [-0.15, -0.1) is 0 Å². The Kier molecular flexibility index (Phi) is 6.09. The first-order chi connectivity index (χ1) is 8.49. The highest BCUT2D eigenvalue weighted by Crippen LogP contribution is 2.38. The third kappa shape index (κ3) is 4.58. The monoisotopic (exact) mass is 255 g/mol. The average molecular weight is 255 g/mol. The van der Waals surface area contributed by atoms with Crippen molar-refractivity contribution in [2.45, 2.75) is 38.5 Å². The van der Waals surface area contributed by atoms with Crippen LogP contribution in [0, 0.1) is 5.41 Å². The Bertz CT molecular complexity index is 260. The maximum absolute atomic E-state index is 12.2. The first-order valence-corrected chi connectivity index (χ1v) is 7.08. The predicted molar refractivity (Wildman–Crippen MR) is 75.4 cm³/mol. The zero-order chi connectivity index (χ0) is 13.6. The lowest BCUT2D eigenvalue weighted by atomic mass is 9.71. The summed E-state index contributed by atoms with van der Waals surface area (Å²) in [6.07, 6.45) is 6.63. The predicted octanol–water partition coefficient (Wildman–Crippen LogP) is 1.31. The van der Waals surface area contributed by atoms with E-state index in [1.54, 1.807) is 0 Å². The Hall–Kier alpha value is -0.610. The van der Waals surface area contributed by atoms with E-state index in [2.05, 4.69) is 4.90 Å². The summed E-state index contributed by atoms with van der Waals surface area (Å²) in [7, 11) is 5.96. The van der Waals surface area contributed by atoms with Crippen molar-refractivity contribution in [2.24, 2.45) is 11.1 Å². The highest BCUT2D eigenvalue weighted by atomic mass is 16.2. The molecular weight excluding hydrogens is 226 g/mol. The first kappa shape index (κ1) is 15.4. The molecule has 106 valence electrons. The molecule has 1 fully saturated rings. The Morgan fingerprint density at radius 3 is 2.22 bits per heavy atom. The third-order valence-electron chi connectivity index (χ3n) is 4.18. The van der Waals surface area contributed by atoms with E-state index in [0.717, 1.165) is 25.9 Å². The molecule has 0 radical (unpaired) electrons. The van der Waals surface area contributed by atoms with E-state index in [9.17, 15) is 4.79 Å². The topological polar surface area (TPSA) is 49.6 Å². The van der Waals surface area contributed by atoms with Crippen LogP contribution in [0.15, 0.2) is 0 Å². The highest BCUT2D eigenvalue weighted by Gasteiger charge is 2.33. The van der Waals surface area contributed by atoms with Crippen molar-refractivity contribution < 1.29 is 4.79 Å². The number of nitrogens with zero attached hydrogens (tertiary/aromatic N) is 2. The maximum atomic E-state index is 12.2. The second kappa shape index (κ2) is 7.10. The van der Waals surface area contributed by atoms with Crippen LogP contribution in [0.1, 0.15) is 38.5 Å². The van der Waals surface area contributed by atoms with E-state index in [4.69, 9.17) is 5.73 Å². The Balaban J connectivity index is 2.45. The normalized spacial score (nSPS) is 18.9. The summed E-state index contributed by atoms with van der Waals surface area (Å²) in [4.78, 5) is 16.2. The smallest absolute Gasteiger partial charge is 0.222 e. The maximum Gasteiger partial charge on any atom is 0.222 e. The van der Waals surface area contributed by atoms with Crippen molar-refractivity contribution in [1.29, 1.82) is 0 Å². The summed E-state index contributed by atoms with van der Waals surface area (Å²) in [5.41, 5.74) is 6.01. The van der Waals surface area contributed by atoms with Crippen LogP contribution in [0.2, 0.25) is 0 Å². The summed E-state index contributed by atoms with van der Waals surface area (Å²) in [6.45, 7) is 2.37. The van der Waals surface area contributed by atoms with Gasteiger partial charge in [0.2, 0.25) is 5.91 Å². The van der Waals surface area contributed by atoms with Gasteiger partial charge >= 0.3 is 0 Å². The minimum Gasteiger partial charge on any atom is -0.344 e. The third-order valence-corrected chi connectivity index (χ3v) is 4.18. The lowest BCUT2D eigenvalue weighted by Crippen LogP contribution is -2.41. The Morgan fingerprint density at radius 2 is 1.72 bits per heavy atom. The van der Waals surface area contributed by atoms with Crippen molar-refractivity contribution >= 4 is 5.91 Å². The van der Waals surface area contributed by atoms with Gasteiger partial charge in [-0.1, -0.05) is 19.3 Å². The molecule has 0 atom stereocenters. The second-order valence-electron chi connectivity index (χ2n) is 6.06. The van der Waals surface area contributed by atoms with Crippen LogP contribution < -0.4 is 5.73 Å². The van der Waals surface area contributed by atoms with Gasteiger partial charge < -0.3 is 15.5 Å². The SMILES string of the molecule is CN(C)CCN(C)C(=O)CC1(CN)CCCCC1. The molecule has 18 heavy (non-hydrogen) atoms. The van der Waals surface area contributed by atoms with Crippen LogP contribution >= 0.6 is 0 Å². The van der Waals surface area contributed by atoms with Gasteiger partial charge in [-0.3, -0.25) is 4.79 Å². The molecule has 4 heteroatoms. The summed E-state index contributed by atoms with van der Waals surface area (Å²) in [5.74, 6) is 0.254. The fourth-order valence-corrected chi connectivity index (χ4v) is 2.69. The molecule has 1 saturated carbocycles. The molecule has 0 spiro atoms. The molecule has 0 aromatic heterocycles. The van der Waals surface area contributed by atoms with E-state index in [1.807, 2.05) is 26.0 Å². The fourth-order valence-electron chi connectivity index (χ4n) is 2.69. The van der Waals surface area contributed by atoms with Gasteiger partial charge in [0.1, 0.15) is 0 Å². The highest BCUT2D eigenvalue weighted by molar-refractivity contribution is 5.76. The molecule has 0 aromatic rings. The molecule has 2 N–H and O–H groups in total. The number of nitrogens with two attached hydrogens (primary N) is 1. The Morgan fingerprint density at radius 1 is 1.11 bits per heavy atom. The molecule has 1 aliphatic carbocycles. The van der Waals surface area contributed by atoms with Crippen molar-refractivity contribution in [2.75, 3.05) is 40.8 Å². The molecule has 4 nitrogen and oxygen atoms in total. The van der Waals surface area contributed by atoms with Gasteiger partial charge in [0, 0.05) is 26.6 Å². The molecule has 0 heterocycles. The van der Waals surface area contributed by atoms with Crippen LogP contribution in [0.4, 0.5) is 0 Å². The zero-order valence-corrected chi connectivity index (χ0v) is 12.2. The minimum absolute atomic E-state index is 0.0850.